The predicted octanol–water partition coefficient (Wildman–Crippen LogP) is 3.01. The average Bonchev–Trinajstić information content (AvgIpc) is 2.55. The van der Waals surface area contributed by atoms with Crippen LogP contribution in [0.15, 0.2) is 48.5 Å². The summed E-state index contributed by atoms with van der Waals surface area (Å²) in [5.41, 5.74) is 0.425. The molecule has 0 aromatic heterocycles. The van der Waals surface area contributed by atoms with Gasteiger partial charge in [-0.15, -0.1) is 0 Å². The predicted molar refractivity (Wildman–Crippen MR) is 84.8 cm³/mol. The quantitative estimate of drug-likeness (QED) is 0.653. The Morgan fingerprint density at radius 2 is 1.96 bits per heavy atom. The number of rotatable bonds is 6. The first-order valence-corrected chi connectivity index (χ1v) is 6.86. The van der Waals surface area contributed by atoms with Crippen molar-refractivity contribution in [3.8, 4) is 11.5 Å². The molecule has 2 aromatic rings. The highest BCUT2D eigenvalue weighted by molar-refractivity contribution is 5.95. The number of amides is 1. The third-order valence-electron chi connectivity index (χ3n) is 3.08. The molecule has 0 heterocycles. The van der Waals surface area contributed by atoms with E-state index >= 15 is 0 Å². The fraction of sp³-hybridized carbons (Fsp3) is 0.188. The zero-order valence-corrected chi connectivity index (χ0v) is 12.7. The van der Waals surface area contributed by atoms with E-state index < -0.39 is 11.0 Å². The summed E-state index contributed by atoms with van der Waals surface area (Å²) in [6, 6.07) is 12.7. The molecule has 0 bridgehead atoms. The molecule has 0 aliphatic carbocycles. The van der Waals surface area contributed by atoms with Crippen molar-refractivity contribution in [1.82, 2.24) is 0 Å². The molecule has 2 aromatic carbocycles. The smallest absolute Gasteiger partial charge is 0.273 e. The van der Waals surface area contributed by atoms with E-state index in [0.717, 1.165) is 0 Å². The number of non-ortho nitro benzene ring substituents is 1. The number of hydrogen-bond donors (Lipinski definition) is 1. The zero-order chi connectivity index (χ0) is 16.8. The minimum absolute atomic E-state index is 0.0974. The van der Waals surface area contributed by atoms with Gasteiger partial charge in [0.2, 0.25) is 0 Å². The number of ether oxygens (including phenoxy) is 2. The summed E-state index contributed by atoms with van der Waals surface area (Å²) in [6.07, 6.45) is -0.832. The second-order valence-electron chi connectivity index (χ2n) is 4.70. The maximum Gasteiger partial charge on any atom is 0.273 e. The average molecular weight is 316 g/mol. The molecule has 1 amide bonds. The number of hydrogen-bond acceptors (Lipinski definition) is 5. The minimum Gasteiger partial charge on any atom is -0.495 e. The summed E-state index contributed by atoms with van der Waals surface area (Å²) in [5, 5.41) is 13.4. The van der Waals surface area contributed by atoms with E-state index in [-0.39, 0.29) is 17.3 Å². The van der Waals surface area contributed by atoms with E-state index in [9.17, 15) is 14.9 Å². The van der Waals surface area contributed by atoms with Crippen molar-refractivity contribution in [3.63, 3.8) is 0 Å². The maximum absolute atomic E-state index is 12.2. The lowest BCUT2D eigenvalue weighted by atomic mass is 10.2. The Kier molecular flexibility index (Phi) is 5.14. The number of para-hydroxylation sites is 2. The first kappa shape index (κ1) is 16.3. The van der Waals surface area contributed by atoms with Crippen LogP contribution in [-0.4, -0.2) is 24.0 Å². The Morgan fingerprint density at radius 1 is 1.22 bits per heavy atom. The van der Waals surface area contributed by atoms with Gasteiger partial charge in [-0.2, -0.15) is 0 Å². The molecule has 0 spiro atoms. The molecular weight excluding hydrogens is 300 g/mol. The van der Waals surface area contributed by atoms with Gasteiger partial charge in [0.05, 0.1) is 23.8 Å². The number of carbonyl (C=O) groups excluding carboxylic acids is 1. The fourth-order valence-corrected chi connectivity index (χ4v) is 1.91. The van der Waals surface area contributed by atoms with Crippen molar-refractivity contribution in [1.29, 1.82) is 0 Å². The van der Waals surface area contributed by atoms with Crippen molar-refractivity contribution in [2.45, 2.75) is 13.0 Å². The van der Waals surface area contributed by atoms with Gasteiger partial charge in [-0.25, -0.2) is 0 Å². The number of nitrogens with zero attached hydrogens (tertiary/aromatic N) is 1. The zero-order valence-electron chi connectivity index (χ0n) is 12.7. The molecule has 0 fully saturated rings. The monoisotopic (exact) mass is 316 g/mol. The molecule has 1 N–H and O–H groups in total. The molecule has 0 saturated heterocycles. The molecule has 0 radical (unpaired) electrons. The van der Waals surface area contributed by atoms with Crippen LogP contribution in [0.5, 0.6) is 11.5 Å². The Hall–Kier alpha value is -3.09. The lowest BCUT2D eigenvalue weighted by molar-refractivity contribution is -0.384. The van der Waals surface area contributed by atoms with Gasteiger partial charge >= 0.3 is 0 Å². The summed E-state index contributed by atoms with van der Waals surface area (Å²) >= 11 is 0. The van der Waals surface area contributed by atoms with Gasteiger partial charge in [0.1, 0.15) is 11.5 Å². The van der Waals surface area contributed by atoms with Crippen LogP contribution < -0.4 is 14.8 Å². The third kappa shape index (κ3) is 4.19. The van der Waals surface area contributed by atoms with Crippen LogP contribution >= 0.6 is 0 Å². The number of nitro groups is 1. The van der Waals surface area contributed by atoms with E-state index in [1.807, 2.05) is 0 Å². The summed E-state index contributed by atoms with van der Waals surface area (Å²) < 4.78 is 10.6. The maximum atomic E-state index is 12.2. The van der Waals surface area contributed by atoms with Crippen molar-refractivity contribution >= 4 is 17.3 Å². The number of nitrogens with one attached hydrogen (secondary N) is 1. The van der Waals surface area contributed by atoms with Crippen LogP contribution in [0.4, 0.5) is 11.4 Å². The molecule has 7 nitrogen and oxygen atoms in total. The molecule has 120 valence electrons. The molecular formula is C16H16N2O5. The van der Waals surface area contributed by atoms with Crippen LogP contribution in [0.25, 0.3) is 0 Å². The minimum atomic E-state index is -0.832. The van der Waals surface area contributed by atoms with Crippen LogP contribution in [-0.2, 0) is 4.79 Å². The van der Waals surface area contributed by atoms with Crippen LogP contribution in [0, 0.1) is 10.1 Å². The molecule has 0 unspecified atom stereocenters. The van der Waals surface area contributed by atoms with Crippen molar-refractivity contribution in [2.75, 3.05) is 12.4 Å². The standard InChI is InChI=1S/C16H16N2O5/c1-11(23-13-7-5-6-12(10-13)18(20)21)16(19)17-14-8-3-4-9-15(14)22-2/h3-11H,1-2H3,(H,17,19)/t11-/m1/s1. The van der Waals surface area contributed by atoms with Crippen molar-refractivity contribution in [2.24, 2.45) is 0 Å². The Labute approximate surface area is 133 Å². The van der Waals surface area contributed by atoms with Gasteiger partial charge in [-0.3, -0.25) is 14.9 Å². The highest BCUT2D eigenvalue weighted by atomic mass is 16.6. The number of methoxy groups -OCH3 is 1. The molecule has 1 atom stereocenters. The Bertz CT molecular complexity index is 717. The Balaban J connectivity index is 2.05. The van der Waals surface area contributed by atoms with Gasteiger partial charge in [0.15, 0.2) is 6.10 Å². The number of anilines is 1. The van der Waals surface area contributed by atoms with E-state index in [0.29, 0.717) is 11.4 Å². The Morgan fingerprint density at radius 3 is 2.65 bits per heavy atom. The van der Waals surface area contributed by atoms with E-state index in [1.165, 1.54) is 25.3 Å². The number of carbonyl (C=O) groups is 1. The highest BCUT2D eigenvalue weighted by Gasteiger charge is 2.17. The van der Waals surface area contributed by atoms with E-state index in [4.69, 9.17) is 9.47 Å². The highest BCUT2D eigenvalue weighted by Crippen LogP contribution is 2.24. The molecule has 23 heavy (non-hydrogen) atoms. The molecule has 2 rings (SSSR count). The number of benzene rings is 2. The molecule has 0 saturated carbocycles. The van der Waals surface area contributed by atoms with Crippen LogP contribution in [0.3, 0.4) is 0 Å². The summed E-state index contributed by atoms with van der Waals surface area (Å²) in [4.78, 5) is 22.4. The van der Waals surface area contributed by atoms with Gasteiger partial charge in [0.25, 0.3) is 11.6 Å². The second-order valence-corrected chi connectivity index (χ2v) is 4.70. The fourth-order valence-electron chi connectivity index (χ4n) is 1.91. The second kappa shape index (κ2) is 7.26. The largest absolute Gasteiger partial charge is 0.495 e. The lowest BCUT2D eigenvalue weighted by Gasteiger charge is -2.16. The first-order chi connectivity index (χ1) is 11.0. The SMILES string of the molecule is COc1ccccc1NC(=O)[C@@H](C)Oc1cccc([N+](=O)[O-])c1. The third-order valence-corrected chi connectivity index (χ3v) is 3.08. The van der Waals surface area contributed by atoms with Crippen LogP contribution in [0.1, 0.15) is 6.92 Å². The van der Waals surface area contributed by atoms with E-state index in [1.54, 1.807) is 37.3 Å². The summed E-state index contributed by atoms with van der Waals surface area (Å²) in [7, 11) is 1.51. The molecule has 0 aliphatic heterocycles. The first-order valence-electron chi connectivity index (χ1n) is 6.86. The molecule has 0 aliphatic rings. The summed E-state index contributed by atoms with van der Waals surface area (Å²) in [5.74, 6) is 0.395. The topological polar surface area (TPSA) is 90.7 Å². The van der Waals surface area contributed by atoms with Gasteiger partial charge in [-0.05, 0) is 25.1 Å². The van der Waals surface area contributed by atoms with Gasteiger partial charge in [-0.1, -0.05) is 18.2 Å². The van der Waals surface area contributed by atoms with Gasteiger partial charge in [0, 0.05) is 6.07 Å². The van der Waals surface area contributed by atoms with Gasteiger partial charge < -0.3 is 14.8 Å². The van der Waals surface area contributed by atoms with Crippen molar-refractivity contribution < 1.29 is 19.2 Å². The van der Waals surface area contributed by atoms with Crippen molar-refractivity contribution in [3.05, 3.63) is 58.6 Å². The normalized spacial score (nSPS) is 11.4. The molecule has 7 heteroatoms. The van der Waals surface area contributed by atoms with Crippen LogP contribution in [0.2, 0.25) is 0 Å². The summed E-state index contributed by atoms with van der Waals surface area (Å²) in [6.45, 7) is 1.56. The number of nitro benzene ring substituents is 1. The van der Waals surface area contributed by atoms with E-state index in [2.05, 4.69) is 5.32 Å². The lowest BCUT2D eigenvalue weighted by Crippen LogP contribution is -2.30.